The van der Waals surface area contributed by atoms with Crippen LogP contribution < -0.4 is 5.76 Å². The molecule has 1 aromatic heterocycles. The number of nitrogens with zero attached hydrogens (tertiary/aromatic N) is 2. The molecule has 136 valence electrons. The Morgan fingerprint density at radius 1 is 1.15 bits per heavy atom. The maximum absolute atomic E-state index is 12.4. The highest BCUT2D eigenvalue weighted by atomic mass is 35.5. The Kier molecular flexibility index (Phi) is 5.69. The molecule has 0 bridgehead atoms. The number of halogens is 2. The minimum absolute atomic E-state index is 0.0260. The van der Waals surface area contributed by atoms with Crippen LogP contribution in [0.4, 0.5) is 0 Å². The molecule has 0 fully saturated rings. The molecule has 0 radical (unpaired) electrons. The minimum atomic E-state index is -0.405. The molecular formula is C19H18Cl2N2O3. The average Bonchev–Trinajstić information content (AvgIpc) is 2.94. The monoisotopic (exact) mass is 392 g/mol. The quantitative estimate of drug-likeness (QED) is 0.626. The standard InChI is InChI=1S/C19H18Cl2N2O3/c1-22(12-13-6-4-7-14(20)18(13)21)17(24)10-5-11-23-15-8-2-3-9-16(15)26-19(23)25/h2-4,6-9H,5,10-12H2,1H3. The van der Waals surface area contributed by atoms with E-state index >= 15 is 0 Å². The second-order valence-corrected chi connectivity index (χ2v) is 6.84. The summed E-state index contributed by atoms with van der Waals surface area (Å²) in [4.78, 5) is 25.9. The summed E-state index contributed by atoms with van der Waals surface area (Å²) in [5, 5.41) is 0.932. The lowest BCUT2D eigenvalue weighted by Crippen LogP contribution is -2.26. The van der Waals surface area contributed by atoms with Gasteiger partial charge in [-0.3, -0.25) is 9.36 Å². The Morgan fingerprint density at radius 3 is 2.73 bits per heavy atom. The van der Waals surface area contributed by atoms with Crippen molar-refractivity contribution in [1.82, 2.24) is 9.47 Å². The van der Waals surface area contributed by atoms with E-state index in [1.807, 2.05) is 24.3 Å². The first-order valence-electron chi connectivity index (χ1n) is 8.22. The van der Waals surface area contributed by atoms with Gasteiger partial charge in [0.15, 0.2) is 5.58 Å². The van der Waals surface area contributed by atoms with E-state index in [0.29, 0.717) is 41.6 Å². The van der Waals surface area contributed by atoms with Crippen LogP contribution in [0.2, 0.25) is 10.0 Å². The molecule has 3 aromatic rings. The predicted octanol–water partition coefficient (Wildman–Crippen LogP) is 4.34. The second-order valence-electron chi connectivity index (χ2n) is 6.05. The van der Waals surface area contributed by atoms with E-state index in [2.05, 4.69) is 0 Å². The van der Waals surface area contributed by atoms with Crippen LogP contribution in [0.5, 0.6) is 0 Å². The molecule has 0 atom stereocenters. The summed E-state index contributed by atoms with van der Waals surface area (Å²) in [6.45, 7) is 0.806. The molecule has 5 nitrogen and oxygen atoms in total. The number of hydrogen-bond acceptors (Lipinski definition) is 3. The van der Waals surface area contributed by atoms with Crippen LogP contribution in [0, 0.1) is 0 Å². The van der Waals surface area contributed by atoms with Gasteiger partial charge in [0.2, 0.25) is 5.91 Å². The van der Waals surface area contributed by atoms with E-state index in [-0.39, 0.29) is 5.91 Å². The molecule has 0 aliphatic heterocycles. The number of aromatic nitrogens is 1. The smallest absolute Gasteiger partial charge is 0.408 e. The van der Waals surface area contributed by atoms with Crippen LogP contribution in [0.15, 0.2) is 51.7 Å². The molecule has 26 heavy (non-hydrogen) atoms. The molecular weight excluding hydrogens is 375 g/mol. The number of fused-ring (bicyclic) bond motifs is 1. The van der Waals surface area contributed by atoms with Crippen LogP contribution in [-0.2, 0) is 17.9 Å². The van der Waals surface area contributed by atoms with Crippen molar-refractivity contribution in [3.8, 4) is 0 Å². The van der Waals surface area contributed by atoms with Crippen molar-refractivity contribution in [1.29, 1.82) is 0 Å². The lowest BCUT2D eigenvalue weighted by Gasteiger charge is -2.18. The Labute approximate surface area is 160 Å². The summed E-state index contributed by atoms with van der Waals surface area (Å²) in [5.74, 6) is -0.431. The number of oxazole rings is 1. The number of amides is 1. The van der Waals surface area contributed by atoms with Gasteiger partial charge in [-0.15, -0.1) is 0 Å². The molecule has 2 aromatic carbocycles. The molecule has 0 aliphatic carbocycles. The maximum Gasteiger partial charge on any atom is 0.419 e. The normalized spacial score (nSPS) is 11.0. The van der Waals surface area contributed by atoms with E-state index in [4.69, 9.17) is 27.6 Å². The highest BCUT2D eigenvalue weighted by Gasteiger charge is 2.13. The average molecular weight is 393 g/mol. The summed E-state index contributed by atoms with van der Waals surface area (Å²) in [6.07, 6.45) is 0.858. The fourth-order valence-corrected chi connectivity index (χ4v) is 3.20. The Bertz CT molecular complexity index is 994. The van der Waals surface area contributed by atoms with Crippen molar-refractivity contribution < 1.29 is 9.21 Å². The van der Waals surface area contributed by atoms with Crippen LogP contribution in [0.3, 0.4) is 0 Å². The second kappa shape index (κ2) is 7.98. The molecule has 0 N–H and O–H groups in total. The third-order valence-electron chi connectivity index (χ3n) is 4.21. The number of carbonyl (C=O) groups is 1. The highest BCUT2D eigenvalue weighted by molar-refractivity contribution is 6.42. The van der Waals surface area contributed by atoms with Gasteiger partial charge in [-0.25, -0.2) is 4.79 Å². The first-order valence-corrected chi connectivity index (χ1v) is 8.98. The van der Waals surface area contributed by atoms with Crippen molar-refractivity contribution in [2.24, 2.45) is 0 Å². The van der Waals surface area contributed by atoms with E-state index in [0.717, 1.165) is 11.1 Å². The van der Waals surface area contributed by atoms with Crippen molar-refractivity contribution in [2.75, 3.05) is 7.05 Å². The van der Waals surface area contributed by atoms with Crippen LogP contribution in [0.25, 0.3) is 11.1 Å². The number of para-hydroxylation sites is 2. The molecule has 0 unspecified atom stereocenters. The summed E-state index contributed by atoms with van der Waals surface area (Å²) in [5.41, 5.74) is 2.09. The van der Waals surface area contributed by atoms with E-state index in [9.17, 15) is 9.59 Å². The van der Waals surface area contributed by atoms with E-state index < -0.39 is 5.76 Å². The number of hydrogen-bond donors (Lipinski definition) is 0. The Morgan fingerprint density at radius 2 is 1.92 bits per heavy atom. The van der Waals surface area contributed by atoms with Gasteiger partial charge in [-0.2, -0.15) is 0 Å². The number of aryl methyl sites for hydroxylation is 1. The summed E-state index contributed by atoms with van der Waals surface area (Å²) in [7, 11) is 1.72. The van der Waals surface area contributed by atoms with Gasteiger partial charge in [-0.1, -0.05) is 47.5 Å². The van der Waals surface area contributed by atoms with E-state index in [1.165, 1.54) is 0 Å². The highest BCUT2D eigenvalue weighted by Crippen LogP contribution is 2.26. The molecule has 0 aliphatic rings. The van der Waals surface area contributed by atoms with Gasteiger partial charge in [0.25, 0.3) is 0 Å². The minimum Gasteiger partial charge on any atom is -0.408 e. The number of benzene rings is 2. The van der Waals surface area contributed by atoms with Crippen LogP contribution >= 0.6 is 23.2 Å². The molecule has 1 amide bonds. The summed E-state index contributed by atoms with van der Waals surface area (Å²) >= 11 is 12.2. The SMILES string of the molecule is CN(Cc1cccc(Cl)c1Cl)C(=O)CCCn1c(=O)oc2ccccc21. The lowest BCUT2D eigenvalue weighted by atomic mass is 10.2. The fourth-order valence-electron chi connectivity index (χ4n) is 2.82. The third kappa shape index (κ3) is 3.94. The van der Waals surface area contributed by atoms with Gasteiger partial charge in [-0.05, 0) is 30.2 Å². The maximum atomic E-state index is 12.4. The molecule has 0 saturated carbocycles. The zero-order valence-electron chi connectivity index (χ0n) is 14.2. The number of carbonyl (C=O) groups excluding carboxylic acids is 1. The number of rotatable bonds is 6. The summed E-state index contributed by atoms with van der Waals surface area (Å²) in [6, 6.07) is 12.6. The van der Waals surface area contributed by atoms with Crippen molar-refractivity contribution in [3.63, 3.8) is 0 Å². The van der Waals surface area contributed by atoms with Crippen molar-refractivity contribution in [2.45, 2.75) is 25.9 Å². The lowest BCUT2D eigenvalue weighted by molar-refractivity contribution is -0.130. The molecule has 0 saturated heterocycles. The van der Waals surface area contributed by atoms with E-state index in [1.54, 1.807) is 34.7 Å². The fraction of sp³-hybridized carbons (Fsp3) is 0.263. The Balaban J connectivity index is 1.59. The van der Waals surface area contributed by atoms with Crippen molar-refractivity contribution in [3.05, 3.63) is 68.6 Å². The largest absolute Gasteiger partial charge is 0.419 e. The Hall–Kier alpha value is -2.24. The molecule has 7 heteroatoms. The first kappa shape index (κ1) is 18.5. The van der Waals surface area contributed by atoms with Gasteiger partial charge >= 0.3 is 5.76 Å². The van der Waals surface area contributed by atoms with Gasteiger partial charge in [0, 0.05) is 26.6 Å². The molecule has 3 rings (SSSR count). The molecule has 1 heterocycles. The van der Waals surface area contributed by atoms with Gasteiger partial charge in [0.1, 0.15) is 0 Å². The predicted molar refractivity (Wildman–Crippen MR) is 103 cm³/mol. The van der Waals surface area contributed by atoms with Gasteiger partial charge in [0.05, 0.1) is 15.6 Å². The summed E-state index contributed by atoms with van der Waals surface area (Å²) < 4.78 is 6.74. The van der Waals surface area contributed by atoms with Crippen LogP contribution in [-0.4, -0.2) is 22.4 Å². The topological polar surface area (TPSA) is 55.5 Å². The zero-order valence-corrected chi connectivity index (χ0v) is 15.8. The first-order chi connectivity index (χ1) is 12.5. The third-order valence-corrected chi connectivity index (χ3v) is 5.07. The van der Waals surface area contributed by atoms with Gasteiger partial charge < -0.3 is 9.32 Å². The zero-order chi connectivity index (χ0) is 18.7. The van der Waals surface area contributed by atoms with Crippen LogP contribution in [0.1, 0.15) is 18.4 Å². The molecule has 0 spiro atoms. The van der Waals surface area contributed by atoms with Crippen molar-refractivity contribution >= 4 is 40.2 Å².